The van der Waals surface area contributed by atoms with Gasteiger partial charge in [-0.25, -0.2) is 9.59 Å². The number of azo groups is 1. The highest BCUT2D eigenvalue weighted by Gasteiger charge is 2.03. The molecule has 0 spiro atoms. The van der Waals surface area contributed by atoms with Gasteiger partial charge in [-0.2, -0.15) is 0 Å². The predicted molar refractivity (Wildman–Crippen MR) is 49.7 cm³/mol. The summed E-state index contributed by atoms with van der Waals surface area (Å²) in [5.74, 6) is 0.325. The van der Waals surface area contributed by atoms with Gasteiger partial charge in [0, 0.05) is 0 Å². The van der Waals surface area contributed by atoms with E-state index in [4.69, 9.17) is 4.74 Å². The van der Waals surface area contributed by atoms with Gasteiger partial charge in [0.2, 0.25) is 0 Å². The van der Waals surface area contributed by atoms with Crippen LogP contribution in [0.1, 0.15) is 0 Å². The standard InChI is InChI=1S/C9H8N2O4/c1-14-8(12)10-11-9(13)15-7-5-3-2-4-6-7/h2-6H,1H3. The summed E-state index contributed by atoms with van der Waals surface area (Å²) in [6.07, 6.45) is -1.94. The van der Waals surface area contributed by atoms with Crippen molar-refractivity contribution in [2.24, 2.45) is 10.2 Å². The molecule has 0 atom stereocenters. The lowest BCUT2D eigenvalue weighted by molar-refractivity contribution is 0.178. The lowest BCUT2D eigenvalue weighted by atomic mass is 10.3. The molecule has 1 aromatic carbocycles. The second-order valence-electron chi connectivity index (χ2n) is 2.35. The number of hydrogen-bond acceptors (Lipinski definition) is 4. The third-order valence-electron chi connectivity index (χ3n) is 1.34. The molecular weight excluding hydrogens is 200 g/mol. The number of benzene rings is 1. The van der Waals surface area contributed by atoms with Crippen LogP contribution in [0.4, 0.5) is 9.59 Å². The van der Waals surface area contributed by atoms with Gasteiger partial charge < -0.3 is 9.47 Å². The predicted octanol–water partition coefficient (Wildman–Crippen LogP) is 2.40. The third-order valence-corrected chi connectivity index (χ3v) is 1.34. The molecule has 0 unspecified atom stereocenters. The van der Waals surface area contributed by atoms with Crippen LogP contribution in [0.25, 0.3) is 0 Å². The molecule has 0 fully saturated rings. The molecule has 0 heterocycles. The molecule has 0 aliphatic heterocycles. The van der Waals surface area contributed by atoms with E-state index in [1.54, 1.807) is 30.3 Å². The molecule has 78 valence electrons. The fourth-order valence-corrected chi connectivity index (χ4v) is 0.732. The minimum absolute atomic E-state index is 0.325. The van der Waals surface area contributed by atoms with E-state index in [0.717, 1.165) is 7.11 Å². The maximum atomic E-state index is 10.9. The van der Waals surface area contributed by atoms with Gasteiger partial charge in [0.05, 0.1) is 7.11 Å². The molecule has 6 heteroatoms. The van der Waals surface area contributed by atoms with Crippen LogP contribution in [0, 0.1) is 0 Å². The van der Waals surface area contributed by atoms with Gasteiger partial charge in [0.25, 0.3) is 0 Å². The van der Waals surface area contributed by atoms with Crippen molar-refractivity contribution in [3.05, 3.63) is 30.3 Å². The highest BCUT2D eigenvalue weighted by atomic mass is 16.6. The van der Waals surface area contributed by atoms with Crippen molar-refractivity contribution in [3.63, 3.8) is 0 Å². The van der Waals surface area contributed by atoms with Gasteiger partial charge in [-0.15, -0.1) is 0 Å². The first-order chi connectivity index (χ1) is 7.22. The zero-order valence-electron chi connectivity index (χ0n) is 7.91. The number of rotatable bonds is 1. The SMILES string of the molecule is COC(=O)N=NC(=O)Oc1ccccc1. The van der Waals surface area contributed by atoms with E-state index in [1.807, 2.05) is 0 Å². The maximum absolute atomic E-state index is 10.9. The Balaban J connectivity index is 2.50. The summed E-state index contributed by atoms with van der Waals surface area (Å²) in [6.45, 7) is 0. The van der Waals surface area contributed by atoms with Crippen molar-refractivity contribution < 1.29 is 19.1 Å². The molecule has 0 aliphatic rings. The second kappa shape index (κ2) is 5.48. The van der Waals surface area contributed by atoms with E-state index in [0.29, 0.717) is 5.75 Å². The zero-order valence-corrected chi connectivity index (χ0v) is 7.91. The van der Waals surface area contributed by atoms with Crippen molar-refractivity contribution in [1.29, 1.82) is 0 Å². The summed E-state index contributed by atoms with van der Waals surface area (Å²) in [4.78, 5) is 21.4. The molecule has 0 saturated heterocycles. The fourth-order valence-electron chi connectivity index (χ4n) is 0.732. The van der Waals surface area contributed by atoms with Gasteiger partial charge in [-0.1, -0.05) is 28.4 Å². The summed E-state index contributed by atoms with van der Waals surface area (Å²) in [6, 6.07) is 8.31. The second-order valence-corrected chi connectivity index (χ2v) is 2.35. The van der Waals surface area contributed by atoms with Crippen molar-refractivity contribution in [3.8, 4) is 5.75 Å². The van der Waals surface area contributed by atoms with Crippen molar-refractivity contribution in [2.45, 2.75) is 0 Å². The average Bonchev–Trinajstić information content (AvgIpc) is 2.27. The minimum atomic E-state index is -0.980. The number of carbonyl (C=O) groups excluding carboxylic acids is 2. The molecule has 0 N–H and O–H groups in total. The molecule has 6 nitrogen and oxygen atoms in total. The topological polar surface area (TPSA) is 77.3 Å². The largest absolute Gasteiger partial charge is 0.458 e. The lowest BCUT2D eigenvalue weighted by Crippen LogP contribution is -2.02. The number of para-hydroxylation sites is 1. The highest BCUT2D eigenvalue weighted by Crippen LogP contribution is 2.08. The van der Waals surface area contributed by atoms with E-state index in [1.165, 1.54) is 0 Å². The van der Waals surface area contributed by atoms with E-state index < -0.39 is 12.2 Å². The Bertz CT molecular complexity index is 375. The Hall–Kier alpha value is -2.24. The third kappa shape index (κ3) is 3.99. The van der Waals surface area contributed by atoms with Crippen molar-refractivity contribution in [2.75, 3.05) is 7.11 Å². The number of amides is 2. The van der Waals surface area contributed by atoms with Crippen LogP contribution in [-0.4, -0.2) is 19.3 Å². The summed E-state index contributed by atoms with van der Waals surface area (Å²) >= 11 is 0. The molecule has 15 heavy (non-hydrogen) atoms. The summed E-state index contributed by atoms with van der Waals surface area (Å²) in [5, 5.41) is 5.91. The number of methoxy groups -OCH3 is 1. The molecule has 1 rings (SSSR count). The van der Waals surface area contributed by atoms with Crippen LogP contribution in [0.2, 0.25) is 0 Å². The first kappa shape index (κ1) is 10.8. The van der Waals surface area contributed by atoms with Crippen LogP contribution in [0.3, 0.4) is 0 Å². The summed E-state index contributed by atoms with van der Waals surface area (Å²) in [5.41, 5.74) is 0. The Kier molecular flexibility index (Phi) is 3.96. The quantitative estimate of drug-likeness (QED) is 0.664. The van der Waals surface area contributed by atoms with Gasteiger partial charge in [0.1, 0.15) is 5.75 Å². The molecule has 2 amide bonds. The first-order valence-corrected chi connectivity index (χ1v) is 3.99. The van der Waals surface area contributed by atoms with Gasteiger partial charge in [-0.05, 0) is 12.1 Å². The van der Waals surface area contributed by atoms with Gasteiger partial charge in [-0.3, -0.25) is 0 Å². The van der Waals surface area contributed by atoms with E-state index >= 15 is 0 Å². The van der Waals surface area contributed by atoms with E-state index in [-0.39, 0.29) is 0 Å². The molecule has 0 aromatic heterocycles. The van der Waals surface area contributed by atoms with E-state index in [9.17, 15) is 9.59 Å². The Labute approximate surface area is 85.5 Å². The van der Waals surface area contributed by atoms with Crippen LogP contribution in [-0.2, 0) is 4.74 Å². The monoisotopic (exact) mass is 208 g/mol. The Morgan fingerprint density at radius 1 is 1.07 bits per heavy atom. The van der Waals surface area contributed by atoms with Gasteiger partial charge >= 0.3 is 12.2 Å². The molecule has 0 bridgehead atoms. The lowest BCUT2D eigenvalue weighted by Gasteiger charge is -1.97. The zero-order chi connectivity index (χ0) is 11.1. The number of nitrogens with zero attached hydrogens (tertiary/aromatic N) is 2. The molecule has 0 saturated carbocycles. The van der Waals surface area contributed by atoms with Crippen molar-refractivity contribution >= 4 is 12.2 Å². The maximum Gasteiger partial charge on any atom is 0.458 e. The average molecular weight is 208 g/mol. The summed E-state index contributed by atoms with van der Waals surface area (Å²) < 4.78 is 8.85. The molecule has 0 radical (unpaired) electrons. The molecular formula is C9H8N2O4. The first-order valence-electron chi connectivity index (χ1n) is 3.99. The van der Waals surface area contributed by atoms with E-state index in [2.05, 4.69) is 15.0 Å². The number of carbonyl (C=O) groups is 2. The molecule has 0 aliphatic carbocycles. The van der Waals surface area contributed by atoms with Gasteiger partial charge in [0.15, 0.2) is 0 Å². The van der Waals surface area contributed by atoms with Crippen molar-refractivity contribution in [1.82, 2.24) is 0 Å². The van der Waals surface area contributed by atoms with Crippen LogP contribution in [0.5, 0.6) is 5.75 Å². The normalized spacial score (nSPS) is 9.93. The number of hydrogen-bond donors (Lipinski definition) is 0. The Morgan fingerprint density at radius 2 is 1.67 bits per heavy atom. The highest BCUT2D eigenvalue weighted by molar-refractivity contribution is 5.74. The molecule has 1 aromatic rings. The van der Waals surface area contributed by atoms with Crippen LogP contribution in [0.15, 0.2) is 40.6 Å². The number of ether oxygens (including phenoxy) is 2. The smallest absolute Gasteiger partial charge is 0.450 e. The minimum Gasteiger partial charge on any atom is -0.450 e. The fraction of sp³-hybridized carbons (Fsp3) is 0.111. The Morgan fingerprint density at radius 3 is 2.27 bits per heavy atom. The van der Waals surface area contributed by atoms with Crippen LogP contribution < -0.4 is 4.74 Å². The summed E-state index contributed by atoms with van der Waals surface area (Å²) in [7, 11) is 1.13. The van der Waals surface area contributed by atoms with Crippen LogP contribution >= 0.6 is 0 Å².